The Morgan fingerprint density at radius 2 is 0.897 bits per heavy atom. The Hall–Kier alpha value is -9.19. The van der Waals surface area contributed by atoms with Gasteiger partial charge in [-0.25, -0.2) is 9.98 Å². The van der Waals surface area contributed by atoms with E-state index in [4.69, 9.17) is 9.98 Å². The van der Waals surface area contributed by atoms with E-state index in [9.17, 15) is 5.41 Å². The minimum Gasteiger partial charge on any atom is -0.309 e. The molecule has 0 aliphatic heterocycles. The summed E-state index contributed by atoms with van der Waals surface area (Å²) in [6, 6.07) is 86.7. The number of hydrogen-bond acceptors (Lipinski definition) is 1. The standard InChI is InChI=1S/C63H43N5/c64-62(66-63(48-26-12-4-13-27-48)65-42-43-34-36-45(37-35-43)44-20-6-1-7-21-44)49-40-54(46-22-8-2-9-23-46)60(55(41-49)47-24-10-3-11-25-47)68-57-33-19-17-31-53(57)59-58(68)39-38-52-51-30-16-18-32-56(51)67(61(52)59)50-28-14-5-15-29-50/h1-42,64H/b64-62?,65-42+,66-63-. The Balaban J connectivity index is 1.09. The molecule has 0 saturated heterocycles. The molecule has 2 aromatic heterocycles. The Labute approximate surface area is 394 Å². The first-order valence-corrected chi connectivity index (χ1v) is 22.9. The molecule has 0 fully saturated rings. The minimum atomic E-state index is 0.109. The van der Waals surface area contributed by atoms with E-state index in [1.54, 1.807) is 0 Å². The van der Waals surface area contributed by atoms with Crippen molar-refractivity contribution >= 4 is 61.5 Å². The molecule has 10 aromatic carbocycles. The molecule has 5 nitrogen and oxygen atoms in total. The second kappa shape index (κ2) is 17.3. The van der Waals surface area contributed by atoms with Gasteiger partial charge in [-0.15, -0.1) is 0 Å². The lowest BCUT2D eigenvalue weighted by Crippen LogP contribution is -2.07. The van der Waals surface area contributed by atoms with Crippen molar-refractivity contribution < 1.29 is 0 Å². The lowest BCUT2D eigenvalue weighted by atomic mass is 9.92. The van der Waals surface area contributed by atoms with Gasteiger partial charge in [-0.05, 0) is 70.3 Å². The van der Waals surface area contributed by atoms with Crippen LogP contribution in [0.3, 0.4) is 0 Å². The van der Waals surface area contributed by atoms with Gasteiger partial charge in [0.15, 0.2) is 11.7 Å². The van der Waals surface area contributed by atoms with Gasteiger partial charge in [-0.2, -0.15) is 0 Å². The quantitative estimate of drug-likeness (QED) is 0.117. The molecule has 12 rings (SSSR count). The largest absolute Gasteiger partial charge is 0.309 e. The number of para-hydroxylation sites is 3. The average Bonchev–Trinajstić information content (AvgIpc) is 3.93. The summed E-state index contributed by atoms with van der Waals surface area (Å²) in [7, 11) is 0. The van der Waals surface area contributed by atoms with Crippen molar-refractivity contribution in [2.45, 2.75) is 0 Å². The highest BCUT2D eigenvalue weighted by atomic mass is 15.0. The topological polar surface area (TPSA) is 58.4 Å². The number of nitrogens with zero attached hydrogens (tertiary/aromatic N) is 4. The lowest BCUT2D eigenvalue weighted by molar-refractivity contribution is 1.17. The highest BCUT2D eigenvalue weighted by molar-refractivity contribution is 6.26. The van der Waals surface area contributed by atoms with E-state index in [1.807, 2.05) is 42.6 Å². The highest BCUT2D eigenvalue weighted by Gasteiger charge is 2.25. The molecule has 0 aliphatic carbocycles. The van der Waals surface area contributed by atoms with Crippen LogP contribution in [0.1, 0.15) is 16.7 Å². The molecule has 0 spiro atoms. The van der Waals surface area contributed by atoms with Crippen LogP contribution in [0.25, 0.3) is 88.4 Å². The van der Waals surface area contributed by atoms with Gasteiger partial charge in [0.05, 0.1) is 27.8 Å². The molecule has 0 unspecified atom stereocenters. The van der Waals surface area contributed by atoms with Gasteiger partial charge in [-0.3, -0.25) is 5.41 Å². The second-order valence-corrected chi connectivity index (χ2v) is 16.9. The number of aromatic nitrogens is 2. The molecule has 0 radical (unpaired) electrons. The fraction of sp³-hybridized carbons (Fsp3) is 0. The first-order valence-electron chi connectivity index (χ1n) is 22.9. The van der Waals surface area contributed by atoms with E-state index >= 15 is 0 Å². The molecule has 2 heterocycles. The van der Waals surface area contributed by atoms with Crippen molar-refractivity contribution in [3.05, 3.63) is 265 Å². The van der Waals surface area contributed by atoms with Crippen molar-refractivity contribution in [1.82, 2.24) is 9.13 Å². The third-order valence-electron chi connectivity index (χ3n) is 12.9. The molecular formula is C63H43N5. The predicted molar refractivity (Wildman–Crippen MR) is 285 cm³/mol. The minimum absolute atomic E-state index is 0.109. The summed E-state index contributed by atoms with van der Waals surface area (Å²) in [4.78, 5) is 10.0. The van der Waals surface area contributed by atoms with Crippen LogP contribution in [0.15, 0.2) is 259 Å². The molecule has 0 amide bonds. The third-order valence-corrected chi connectivity index (χ3v) is 12.9. The van der Waals surface area contributed by atoms with Gasteiger partial charge in [0.1, 0.15) is 0 Å². The van der Waals surface area contributed by atoms with E-state index in [2.05, 4.69) is 221 Å². The summed E-state index contributed by atoms with van der Waals surface area (Å²) >= 11 is 0. The number of benzene rings is 10. The Bertz CT molecular complexity index is 3810. The highest BCUT2D eigenvalue weighted by Crippen LogP contribution is 2.46. The van der Waals surface area contributed by atoms with Crippen molar-refractivity contribution in [3.8, 4) is 44.8 Å². The third kappa shape index (κ3) is 7.20. The summed E-state index contributed by atoms with van der Waals surface area (Å²) in [5.41, 5.74) is 15.4. The van der Waals surface area contributed by atoms with E-state index in [-0.39, 0.29) is 5.84 Å². The van der Waals surface area contributed by atoms with E-state index < -0.39 is 0 Å². The number of rotatable bonds is 8. The Morgan fingerprint density at radius 1 is 0.397 bits per heavy atom. The molecule has 0 aliphatic rings. The molecule has 12 aromatic rings. The first-order chi connectivity index (χ1) is 33.7. The van der Waals surface area contributed by atoms with Gasteiger partial charge >= 0.3 is 0 Å². The molecule has 0 atom stereocenters. The van der Waals surface area contributed by atoms with Gasteiger partial charge in [0.2, 0.25) is 0 Å². The Morgan fingerprint density at radius 3 is 1.51 bits per heavy atom. The SMILES string of the molecule is N=C(/N=C(\N=C\c1ccc(-c2ccccc2)cc1)c1ccccc1)c1cc(-c2ccccc2)c(-n2c3ccccc3c3c2ccc2c4ccccc4n(-c4ccccc4)c23)c(-c2ccccc2)c1. The van der Waals surface area contributed by atoms with Crippen LogP contribution < -0.4 is 0 Å². The average molecular weight is 870 g/mol. The first kappa shape index (κ1) is 40.3. The molecule has 1 N–H and O–H groups in total. The number of amidine groups is 2. The van der Waals surface area contributed by atoms with Crippen molar-refractivity contribution in [2.24, 2.45) is 9.98 Å². The zero-order valence-electron chi connectivity index (χ0n) is 37.0. The van der Waals surface area contributed by atoms with Crippen LogP contribution >= 0.6 is 0 Å². The summed E-state index contributed by atoms with van der Waals surface area (Å²) < 4.78 is 4.87. The number of fused-ring (bicyclic) bond motifs is 7. The van der Waals surface area contributed by atoms with E-state index in [0.717, 1.165) is 77.8 Å². The summed E-state index contributed by atoms with van der Waals surface area (Å²) in [5.74, 6) is 0.562. The Kier molecular flexibility index (Phi) is 10.3. The van der Waals surface area contributed by atoms with Crippen LogP contribution in [0.2, 0.25) is 0 Å². The molecule has 0 saturated carbocycles. The maximum atomic E-state index is 9.82. The summed E-state index contributed by atoms with van der Waals surface area (Å²) in [5, 5.41) is 14.6. The van der Waals surface area contributed by atoms with Gasteiger partial charge in [0, 0.05) is 55.7 Å². The molecule has 320 valence electrons. The maximum absolute atomic E-state index is 9.82. The van der Waals surface area contributed by atoms with Crippen molar-refractivity contribution in [2.75, 3.05) is 0 Å². The second-order valence-electron chi connectivity index (χ2n) is 16.9. The van der Waals surface area contributed by atoms with Gasteiger partial charge in [-0.1, -0.05) is 206 Å². The van der Waals surface area contributed by atoms with Crippen molar-refractivity contribution in [1.29, 1.82) is 5.41 Å². The monoisotopic (exact) mass is 869 g/mol. The molecular weight excluding hydrogens is 827 g/mol. The number of hydrogen-bond donors (Lipinski definition) is 1. The zero-order chi connectivity index (χ0) is 45.4. The fourth-order valence-corrected chi connectivity index (χ4v) is 9.74. The maximum Gasteiger partial charge on any atom is 0.161 e. The van der Waals surface area contributed by atoms with Gasteiger partial charge in [0.25, 0.3) is 0 Å². The van der Waals surface area contributed by atoms with Crippen LogP contribution in [-0.2, 0) is 0 Å². The molecule has 68 heavy (non-hydrogen) atoms. The smallest absolute Gasteiger partial charge is 0.161 e. The van der Waals surface area contributed by atoms with Gasteiger partial charge < -0.3 is 9.13 Å². The van der Waals surface area contributed by atoms with Crippen LogP contribution in [0, 0.1) is 5.41 Å². The molecule has 5 heteroatoms. The van der Waals surface area contributed by atoms with Crippen molar-refractivity contribution in [3.63, 3.8) is 0 Å². The molecule has 0 bridgehead atoms. The summed E-state index contributed by atoms with van der Waals surface area (Å²) in [6.45, 7) is 0. The fourth-order valence-electron chi connectivity index (χ4n) is 9.74. The zero-order valence-corrected chi connectivity index (χ0v) is 37.0. The number of aliphatic imine (C=N–C) groups is 2. The normalized spacial score (nSPS) is 11.9. The number of nitrogens with one attached hydrogen (secondary N) is 1. The predicted octanol–water partition coefficient (Wildman–Crippen LogP) is 15.8. The van der Waals surface area contributed by atoms with Crippen LogP contribution in [-0.4, -0.2) is 27.0 Å². The van der Waals surface area contributed by atoms with E-state index in [0.29, 0.717) is 11.4 Å². The summed E-state index contributed by atoms with van der Waals surface area (Å²) in [6.07, 6.45) is 1.83. The van der Waals surface area contributed by atoms with Crippen LogP contribution in [0.5, 0.6) is 0 Å². The van der Waals surface area contributed by atoms with Crippen LogP contribution in [0.4, 0.5) is 0 Å². The lowest BCUT2D eigenvalue weighted by Gasteiger charge is -2.21. The van der Waals surface area contributed by atoms with E-state index in [1.165, 1.54) is 21.7 Å².